The van der Waals surface area contributed by atoms with Gasteiger partial charge in [-0.3, -0.25) is 4.79 Å². The molecule has 1 amide bonds. The Morgan fingerprint density at radius 1 is 1.13 bits per heavy atom. The first-order valence-corrected chi connectivity index (χ1v) is 11.6. The number of rotatable bonds is 8. The molecule has 1 atom stereocenters. The third kappa shape index (κ3) is 5.06. The minimum atomic E-state index is -3.69. The third-order valence-electron chi connectivity index (χ3n) is 5.63. The third-order valence-corrected chi connectivity index (χ3v) is 7.14. The van der Waals surface area contributed by atoms with Crippen molar-refractivity contribution >= 4 is 15.9 Å². The number of carbonyl (C=O) groups is 1. The Balaban J connectivity index is 1.87. The van der Waals surface area contributed by atoms with Crippen LogP contribution in [0.4, 0.5) is 4.39 Å². The van der Waals surface area contributed by atoms with E-state index in [1.807, 2.05) is 0 Å². The Morgan fingerprint density at radius 2 is 1.77 bits per heavy atom. The van der Waals surface area contributed by atoms with E-state index in [2.05, 4.69) is 9.62 Å². The van der Waals surface area contributed by atoms with Gasteiger partial charge >= 0.3 is 0 Å². The molecule has 1 aliphatic rings. The number of sulfonamides is 1. The van der Waals surface area contributed by atoms with Crippen LogP contribution in [-0.2, 0) is 21.2 Å². The van der Waals surface area contributed by atoms with Crippen molar-refractivity contribution in [1.29, 1.82) is 0 Å². The largest absolute Gasteiger partial charge is 0.337 e. The summed E-state index contributed by atoms with van der Waals surface area (Å²) in [6.45, 7) is 2.39. The van der Waals surface area contributed by atoms with Gasteiger partial charge in [0.1, 0.15) is 5.82 Å². The van der Waals surface area contributed by atoms with Crippen molar-refractivity contribution in [2.24, 2.45) is 0 Å². The van der Waals surface area contributed by atoms with Crippen molar-refractivity contribution < 1.29 is 17.6 Å². The SMILES string of the molecule is CNS(=O)(=O)c1ccccc1CC(=O)N(C)[C@H](CN1CCCC1)c1ccccc1F. The summed E-state index contributed by atoms with van der Waals surface area (Å²) in [5.41, 5.74) is 0.883. The molecule has 1 heterocycles. The zero-order valence-electron chi connectivity index (χ0n) is 17.3. The average Bonchev–Trinajstić information content (AvgIpc) is 3.25. The number of likely N-dealkylation sites (tertiary alicyclic amines) is 1. The van der Waals surface area contributed by atoms with Gasteiger partial charge in [0.25, 0.3) is 0 Å². The molecule has 0 radical (unpaired) electrons. The zero-order chi connectivity index (χ0) is 21.7. The van der Waals surface area contributed by atoms with E-state index in [1.54, 1.807) is 48.3 Å². The topological polar surface area (TPSA) is 69.7 Å². The number of benzene rings is 2. The van der Waals surface area contributed by atoms with E-state index < -0.39 is 16.1 Å². The van der Waals surface area contributed by atoms with Crippen molar-refractivity contribution in [3.05, 3.63) is 65.5 Å². The fraction of sp³-hybridized carbons (Fsp3) is 0.409. The first-order valence-electron chi connectivity index (χ1n) is 10.1. The molecule has 1 fully saturated rings. The summed E-state index contributed by atoms with van der Waals surface area (Å²) in [6, 6.07) is 12.5. The van der Waals surface area contributed by atoms with Gasteiger partial charge in [-0.1, -0.05) is 36.4 Å². The van der Waals surface area contributed by atoms with Crippen LogP contribution in [0.25, 0.3) is 0 Å². The van der Waals surface area contributed by atoms with Crippen molar-refractivity contribution in [2.75, 3.05) is 33.7 Å². The van der Waals surface area contributed by atoms with Gasteiger partial charge in [-0.25, -0.2) is 17.5 Å². The van der Waals surface area contributed by atoms with E-state index in [4.69, 9.17) is 0 Å². The number of nitrogens with one attached hydrogen (secondary N) is 1. The molecule has 30 heavy (non-hydrogen) atoms. The lowest BCUT2D eigenvalue weighted by atomic mass is 10.0. The molecule has 1 N–H and O–H groups in total. The van der Waals surface area contributed by atoms with Gasteiger partial charge in [0.2, 0.25) is 15.9 Å². The van der Waals surface area contributed by atoms with Crippen LogP contribution >= 0.6 is 0 Å². The molecule has 3 rings (SSSR count). The fourth-order valence-corrected chi connectivity index (χ4v) is 4.83. The number of amides is 1. The molecule has 0 spiro atoms. The lowest BCUT2D eigenvalue weighted by Crippen LogP contribution is -2.39. The summed E-state index contributed by atoms with van der Waals surface area (Å²) < 4.78 is 41.5. The monoisotopic (exact) mass is 433 g/mol. The maximum Gasteiger partial charge on any atom is 0.240 e. The van der Waals surface area contributed by atoms with E-state index in [0.29, 0.717) is 17.7 Å². The van der Waals surface area contributed by atoms with E-state index in [9.17, 15) is 17.6 Å². The molecule has 162 valence electrons. The highest BCUT2D eigenvalue weighted by atomic mass is 32.2. The van der Waals surface area contributed by atoms with Crippen LogP contribution < -0.4 is 4.72 Å². The second-order valence-corrected chi connectivity index (χ2v) is 9.40. The summed E-state index contributed by atoms with van der Waals surface area (Å²) in [4.78, 5) is 17.0. The van der Waals surface area contributed by atoms with Crippen molar-refractivity contribution in [3.8, 4) is 0 Å². The molecular weight excluding hydrogens is 405 g/mol. The number of halogens is 1. The minimum Gasteiger partial charge on any atom is -0.337 e. The van der Waals surface area contributed by atoms with Gasteiger partial charge < -0.3 is 9.80 Å². The van der Waals surface area contributed by atoms with Crippen molar-refractivity contribution in [2.45, 2.75) is 30.2 Å². The Kier molecular flexibility index (Phi) is 7.23. The maximum absolute atomic E-state index is 14.6. The molecule has 6 nitrogen and oxygen atoms in total. The van der Waals surface area contributed by atoms with Crippen LogP contribution in [0.5, 0.6) is 0 Å². The number of nitrogens with zero attached hydrogens (tertiary/aromatic N) is 2. The van der Waals surface area contributed by atoms with Gasteiger partial charge in [-0.05, 0) is 50.7 Å². The first-order chi connectivity index (χ1) is 14.3. The standard InChI is InChI=1S/C22H28FN3O3S/c1-24-30(28,29)21-12-6-3-9-17(21)15-22(27)25(2)20(16-26-13-7-8-14-26)18-10-4-5-11-19(18)23/h3-6,9-12,20,24H,7-8,13-16H2,1-2H3/t20-/m1/s1. The second-order valence-electron chi connectivity index (χ2n) is 7.54. The summed E-state index contributed by atoms with van der Waals surface area (Å²) in [6.07, 6.45) is 2.10. The quantitative estimate of drug-likeness (QED) is 0.695. The molecule has 8 heteroatoms. The Morgan fingerprint density at radius 3 is 2.43 bits per heavy atom. The van der Waals surface area contributed by atoms with E-state index in [0.717, 1.165) is 25.9 Å². The van der Waals surface area contributed by atoms with E-state index in [-0.39, 0.29) is 23.0 Å². The number of hydrogen-bond donors (Lipinski definition) is 1. The summed E-state index contributed by atoms with van der Waals surface area (Å²) in [7, 11) is -0.692. The Hall–Kier alpha value is -2.29. The Bertz CT molecular complexity index is 991. The zero-order valence-corrected chi connectivity index (χ0v) is 18.2. The number of likely N-dealkylation sites (N-methyl/N-ethyl adjacent to an activating group) is 1. The van der Waals surface area contributed by atoms with Gasteiger partial charge in [0, 0.05) is 19.2 Å². The molecule has 0 aromatic heterocycles. The first kappa shape index (κ1) is 22.4. The Labute approximate surface area is 177 Å². The molecule has 1 saturated heterocycles. The molecule has 2 aromatic rings. The summed E-state index contributed by atoms with van der Waals surface area (Å²) in [5, 5.41) is 0. The van der Waals surface area contributed by atoms with Crippen LogP contribution in [0.3, 0.4) is 0 Å². The number of carbonyl (C=O) groups excluding carboxylic acids is 1. The number of hydrogen-bond acceptors (Lipinski definition) is 4. The van der Waals surface area contributed by atoms with Crippen LogP contribution in [0.2, 0.25) is 0 Å². The molecule has 0 saturated carbocycles. The highest BCUT2D eigenvalue weighted by Gasteiger charge is 2.28. The molecule has 1 aliphatic heterocycles. The van der Waals surface area contributed by atoms with Gasteiger partial charge in [0.15, 0.2) is 0 Å². The lowest BCUT2D eigenvalue weighted by Gasteiger charge is -2.32. The predicted molar refractivity (Wildman–Crippen MR) is 114 cm³/mol. The van der Waals surface area contributed by atoms with Crippen LogP contribution in [0.15, 0.2) is 53.4 Å². The van der Waals surface area contributed by atoms with Crippen LogP contribution in [0.1, 0.15) is 30.0 Å². The summed E-state index contributed by atoms with van der Waals surface area (Å²) >= 11 is 0. The average molecular weight is 434 g/mol. The van der Waals surface area contributed by atoms with Crippen LogP contribution in [-0.4, -0.2) is 57.9 Å². The predicted octanol–water partition coefficient (Wildman–Crippen LogP) is 2.57. The van der Waals surface area contributed by atoms with Gasteiger partial charge in [0.05, 0.1) is 17.4 Å². The molecule has 2 aromatic carbocycles. The highest BCUT2D eigenvalue weighted by molar-refractivity contribution is 7.89. The molecular formula is C22H28FN3O3S. The molecule has 0 bridgehead atoms. The smallest absolute Gasteiger partial charge is 0.240 e. The van der Waals surface area contributed by atoms with Crippen LogP contribution in [0, 0.1) is 5.82 Å². The van der Waals surface area contributed by atoms with Crippen molar-refractivity contribution in [3.63, 3.8) is 0 Å². The normalized spacial score (nSPS) is 15.8. The van der Waals surface area contributed by atoms with E-state index >= 15 is 0 Å². The fourth-order valence-electron chi connectivity index (χ4n) is 3.87. The van der Waals surface area contributed by atoms with E-state index in [1.165, 1.54) is 19.2 Å². The lowest BCUT2D eigenvalue weighted by molar-refractivity contribution is -0.131. The van der Waals surface area contributed by atoms with Gasteiger partial charge in [-0.2, -0.15) is 0 Å². The molecule has 0 aliphatic carbocycles. The highest BCUT2D eigenvalue weighted by Crippen LogP contribution is 2.26. The summed E-state index contributed by atoms with van der Waals surface area (Å²) in [5.74, 6) is -0.610. The second kappa shape index (κ2) is 9.68. The maximum atomic E-state index is 14.6. The van der Waals surface area contributed by atoms with Gasteiger partial charge in [-0.15, -0.1) is 0 Å². The minimum absolute atomic E-state index is 0.0798. The molecule has 0 unspecified atom stereocenters. The van der Waals surface area contributed by atoms with Crippen molar-refractivity contribution in [1.82, 2.24) is 14.5 Å².